The van der Waals surface area contributed by atoms with E-state index in [1.54, 1.807) is 4.90 Å². The van der Waals surface area contributed by atoms with Crippen molar-refractivity contribution in [2.75, 3.05) is 13.1 Å². The molecule has 1 fully saturated rings. The van der Waals surface area contributed by atoms with Crippen LogP contribution in [0.25, 0.3) is 11.0 Å². The molecule has 1 aromatic heterocycles. The molecule has 2 aromatic rings. The number of fused-ring (bicyclic) bond motifs is 1. The Labute approximate surface area is 102 Å². The first-order valence-electron chi connectivity index (χ1n) is 6.66. The van der Waals surface area contributed by atoms with Crippen LogP contribution in [0.4, 0.5) is 0 Å². The maximum Gasteiger partial charge on any atom is 0.165 e. The number of hydrogen-bond donors (Lipinski definition) is 1. The number of aryl methyl sites for hydroxylation is 1. The van der Waals surface area contributed by atoms with Crippen molar-refractivity contribution in [2.45, 2.75) is 32.9 Å². The summed E-state index contributed by atoms with van der Waals surface area (Å²) in [6.45, 7) is 6.93. The molecule has 1 aliphatic rings. The topological polar surface area (TPSA) is 22.3 Å². The quantitative estimate of drug-likeness (QED) is 0.842. The maximum atomic E-state index is 4.79. The lowest BCUT2D eigenvalue weighted by Crippen LogP contribution is -3.08. The summed E-state index contributed by atoms with van der Waals surface area (Å²) >= 11 is 0. The average molecular weight is 230 g/mol. The SMILES string of the molecule is CCn1c(C[NH+]2CCCC2)nc2ccccc21. The van der Waals surface area contributed by atoms with Crippen molar-refractivity contribution in [3.63, 3.8) is 0 Å². The minimum atomic E-state index is 1.02. The highest BCUT2D eigenvalue weighted by Crippen LogP contribution is 2.15. The third-order valence-electron chi connectivity index (χ3n) is 3.77. The van der Waals surface area contributed by atoms with Crippen LogP contribution in [-0.2, 0) is 13.1 Å². The molecular formula is C14H20N3+. The smallest absolute Gasteiger partial charge is 0.165 e. The van der Waals surface area contributed by atoms with Crippen LogP contribution in [0.2, 0.25) is 0 Å². The Morgan fingerprint density at radius 3 is 2.76 bits per heavy atom. The predicted molar refractivity (Wildman–Crippen MR) is 69.0 cm³/mol. The highest BCUT2D eigenvalue weighted by molar-refractivity contribution is 5.75. The lowest BCUT2D eigenvalue weighted by molar-refractivity contribution is -0.902. The summed E-state index contributed by atoms with van der Waals surface area (Å²) in [7, 11) is 0. The van der Waals surface area contributed by atoms with Crippen molar-refractivity contribution in [1.29, 1.82) is 0 Å². The number of nitrogens with zero attached hydrogens (tertiary/aromatic N) is 2. The summed E-state index contributed by atoms with van der Waals surface area (Å²) in [5, 5.41) is 0. The lowest BCUT2D eigenvalue weighted by atomic mass is 10.3. The van der Waals surface area contributed by atoms with E-state index in [-0.39, 0.29) is 0 Å². The van der Waals surface area contributed by atoms with Crippen LogP contribution in [0.1, 0.15) is 25.6 Å². The molecule has 3 heteroatoms. The number of imidazole rings is 1. The molecule has 1 N–H and O–H groups in total. The van der Waals surface area contributed by atoms with E-state index >= 15 is 0 Å². The van der Waals surface area contributed by atoms with Gasteiger partial charge in [-0.1, -0.05) is 12.1 Å². The van der Waals surface area contributed by atoms with Gasteiger partial charge in [-0.25, -0.2) is 4.98 Å². The number of likely N-dealkylation sites (tertiary alicyclic amines) is 1. The Morgan fingerprint density at radius 1 is 1.24 bits per heavy atom. The van der Waals surface area contributed by atoms with Gasteiger partial charge in [0, 0.05) is 19.4 Å². The van der Waals surface area contributed by atoms with E-state index in [4.69, 9.17) is 4.98 Å². The molecule has 90 valence electrons. The van der Waals surface area contributed by atoms with Gasteiger partial charge < -0.3 is 9.47 Å². The van der Waals surface area contributed by atoms with E-state index in [0.717, 1.165) is 18.6 Å². The van der Waals surface area contributed by atoms with Crippen LogP contribution in [0, 0.1) is 0 Å². The first-order valence-corrected chi connectivity index (χ1v) is 6.66. The average Bonchev–Trinajstić information content (AvgIpc) is 2.96. The van der Waals surface area contributed by atoms with Gasteiger partial charge in [0.2, 0.25) is 0 Å². The highest BCUT2D eigenvalue weighted by Gasteiger charge is 2.19. The largest absolute Gasteiger partial charge is 0.329 e. The molecule has 0 radical (unpaired) electrons. The zero-order chi connectivity index (χ0) is 11.7. The monoisotopic (exact) mass is 230 g/mol. The fourth-order valence-electron chi connectivity index (χ4n) is 2.89. The Kier molecular flexibility index (Phi) is 2.85. The van der Waals surface area contributed by atoms with Gasteiger partial charge in [0.25, 0.3) is 0 Å². The van der Waals surface area contributed by atoms with Crippen molar-refractivity contribution < 1.29 is 4.90 Å². The third-order valence-corrected chi connectivity index (χ3v) is 3.77. The molecule has 1 aliphatic heterocycles. The van der Waals surface area contributed by atoms with E-state index < -0.39 is 0 Å². The first-order chi connectivity index (χ1) is 8.38. The van der Waals surface area contributed by atoms with E-state index in [1.807, 2.05) is 0 Å². The Morgan fingerprint density at radius 2 is 2.00 bits per heavy atom. The van der Waals surface area contributed by atoms with Crippen LogP contribution >= 0.6 is 0 Å². The number of nitrogens with one attached hydrogen (secondary N) is 1. The second-order valence-corrected chi connectivity index (χ2v) is 4.89. The Balaban J connectivity index is 1.96. The molecular weight excluding hydrogens is 210 g/mol. The second-order valence-electron chi connectivity index (χ2n) is 4.89. The molecule has 0 saturated carbocycles. The fourth-order valence-corrected chi connectivity index (χ4v) is 2.89. The number of quaternary nitrogens is 1. The summed E-state index contributed by atoms with van der Waals surface area (Å²) in [6, 6.07) is 8.46. The number of benzene rings is 1. The lowest BCUT2D eigenvalue weighted by Gasteiger charge is -2.12. The summed E-state index contributed by atoms with van der Waals surface area (Å²) in [6.07, 6.45) is 2.75. The van der Waals surface area contributed by atoms with Gasteiger partial charge in [-0.05, 0) is 19.1 Å². The van der Waals surface area contributed by atoms with E-state index in [9.17, 15) is 0 Å². The molecule has 17 heavy (non-hydrogen) atoms. The van der Waals surface area contributed by atoms with Crippen molar-refractivity contribution in [2.24, 2.45) is 0 Å². The zero-order valence-electron chi connectivity index (χ0n) is 10.4. The Bertz CT molecular complexity index is 509. The van der Waals surface area contributed by atoms with Gasteiger partial charge in [-0.15, -0.1) is 0 Å². The standard InChI is InChI=1S/C14H19N3/c1-2-17-13-8-4-3-7-12(13)15-14(17)11-16-9-5-6-10-16/h3-4,7-8H,2,5-6,9-11H2,1H3/p+1. The molecule has 0 atom stereocenters. The van der Waals surface area contributed by atoms with Crippen molar-refractivity contribution in [1.82, 2.24) is 9.55 Å². The Hall–Kier alpha value is -1.35. The van der Waals surface area contributed by atoms with Crippen molar-refractivity contribution >= 4 is 11.0 Å². The van der Waals surface area contributed by atoms with Gasteiger partial charge in [-0.3, -0.25) is 0 Å². The molecule has 0 aliphatic carbocycles. The molecule has 0 bridgehead atoms. The molecule has 3 nitrogen and oxygen atoms in total. The first kappa shape index (κ1) is 10.8. The van der Waals surface area contributed by atoms with E-state index in [1.165, 1.54) is 37.3 Å². The predicted octanol–water partition coefficient (Wildman–Crippen LogP) is 1.23. The number of hydrogen-bond acceptors (Lipinski definition) is 1. The van der Waals surface area contributed by atoms with Gasteiger partial charge in [0.15, 0.2) is 5.82 Å². The van der Waals surface area contributed by atoms with E-state index in [0.29, 0.717) is 0 Å². The van der Waals surface area contributed by atoms with Crippen molar-refractivity contribution in [3.05, 3.63) is 30.1 Å². The van der Waals surface area contributed by atoms with Crippen molar-refractivity contribution in [3.8, 4) is 0 Å². The number of aromatic nitrogens is 2. The molecule has 1 saturated heterocycles. The molecule has 0 amide bonds. The minimum Gasteiger partial charge on any atom is -0.329 e. The molecule has 2 heterocycles. The fraction of sp³-hybridized carbons (Fsp3) is 0.500. The van der Waals surface area contributed by atoms with Crippen LogP contribution in [0.15, 0.2) is 24.3 Å². The molecule has 0 spiro atoms. The van der Waals surface area contributed by atoms with Crippen LogP contribution in [-0.4, -0.2) is 22.6 Å². The molecule has 3 rings (SSSR count). The maximum absolute atomic E-state index is 4.79. The molecule has 1 aromatic carbocycles. The summed E-state index contributed by atoms with van der Waals surface area (Å²) < 4.78 is 2.36. The molecule has 0 unspecified atom stereocenters. The van der Waals surface area contributed by atoms with Crippen LogP contribution in [0.3, 0.4) is 0 Å². The second kappa shape index (κ2) is 4.49. The number of rotatable bonds is 3. The normalized spacial score (nSPS) is 17.0. The summed E-state index contributed by atoms with van der Waals surface area (Å²) in [4.78, 5) is 6.48. The minimum absolute atomic E-state index is 1.02. The highest BCUT2D eigenvalue weighted by atomic mass is 15.2. The van der Waals surface area contributed by atoms with Gasteiger partial charge in [0.1, 0.15) is 6.54 Å². The summed E-state index contributed by atoms with van der Waals surface area (Å²) in [5.74, 6) is 1.26. The zero-order valence-corrected chi connectivity index (χ0v) is 10.4. The third kappa shape index (κ3) is 1.95. The number of para-hydroxylation sites is 2. The van der Waals surface area contributed by atoms with Crippen LogP contribution in [0.5, 0.6) is 0 Å². The van der Waals surface area contributed by atoms with Gasteiger partial charge in [-0.2, -0.15) is 0 Å². The van der Waals surface area contributed by atoms with Gasteiger partial charge >= 0.3 is 0 Å². The van der Waals surface area contributed by atoms with E-state index in [2.05, 4.69) is 35.8 Å². The summed E-state index contributed by atoms with van der Waals surface area (Å²) in [5.41, 5.74) is 2.42. The van der Waals surface area contributed by atoms with Gasteiger partial charge in [0.05, 0.1) is 24.1 Å². The van der Waals surface area contributed by atoms with Crippen LogP contribution < -0.4 is 4.90 Å².